The second kappa shape index (κ2) is 5.32. The monoisotopic (exact) mass is 281 g/mol. The topological polar surface area (TPSA) is 25.9 Å². The van der Waals surface area contributed by atoms with E-state index in [0.717, 1.165) is 11.0 Å². The largest absolute Gasteiger partial charge is 0.290 e. The van der Waals surface area contributed by atoms with E-state index in [0.29, 0.717) is 0 Å². The number of imidazole rings is 1. The fourth-order valence-corrected chi connectivity index (χ4v) is 2.40. The van der Waals surface area contributed by atoms with Crippen LogP contribution in [0.25, 0.3) is 17.2 Å². The van der Waals surface area contributed by atoms with E-state index in [4.69, 9.17) is 0 Å². The van der Waals surface area contributed by atoms with Crippen LogP contribution in [0.3, 0.4) is 0 Å². The summed E-state index contributed by atoms with van der Waals surface area (Å²) < 4.78 is 17.3. The van der Waals surface area contributed by atoms with Gasteiger partial charge in [-0.2, -0.15) is 0 Å². The SMILES string of the molecule is C=Cn1c[n+](CC(=O)c2ccccc2F)c2ccccc21. The molecular formula is C17H14FN2O+. The maximum absolute atomic E-state index is 13.7. The zero-order valence-electron chi connectivity index (χ0n) is 11.4. The Morgan fingerprint density at radius 2 is 1.90 bits per heavy atom. The number of halogens is 1. The first kappa shape index (κ1) is 13.2. The van der Waals surface area contributed by atoms with Crippen molar-refractivity contribution in [1.29, 1.82) is 0 Å². The Labute approximate surface area is 121 Å². The summed E-state index contributed by atoms with van der Waals surface area (Å²) in [5.41, 5.74) is 1.97. The third-order valence-electron chi connectivity index (χ3n) is 3.42. The number of nitrogens with zero attached hydrogens (tertiary/aromatic N) is 2. The number of Topliss-reactive ketones (excluding diaryl/α,β-unsaturated/α-hetero) is 1. The van der Waals surface area contributed by atoms with Crippen LogP contribution in [0, 0.1) is 5.82 Å². The summed E-state index contributed by atoms with van der Waals surface area (Å²) in [4.78, 5) is 12.3. The molecule has 0 radical (unpaired) electrons. The van der Waals surface area contributed by atoms with Gasteiger partial charge in [-0.1, -0.05) is 30.8 Å². The van der Waals surface area contributed by atoms with E-state index in [9.17, 15) is 9.18 Å². The number of ketones is 1. The Morgan fingerprint density at radius 1 is 1.19 bits per heavy atom. The molecule has 0 unspecified atom stereocenters. The van der Waals surface area contributed by atoms with Gasteiger partial charge in [0.25, 0.3) is 0 Å². The molecule has 0 atom stereocenters. The van der Waals surface area contributed by atoms with Gasteiger partial charge in [0.15, 0.2) is 17.6 Å². The molecule has 0 amide bonds. The van der Waals surface area contributed by atoms with Gasteiger partial charge in [-0.05, 0) is 24.3 Å². The first-order valence-electron chi connectivity index (χ1n) is 6.60. The fourth-order valence-electron chi connectivity index (χ4n) is 2.40. The number of carbonyl (C=O) groups excluding carboxylic acids is 1. The molecule has 0 fully saturated rings. The molecule has 0 N–H and O–H groups in total. The number of carbonyl (C=O) groups is 1. The molecule has 1 heterocycles. The van der Waals surface area contributed by atoms with Crippen molar-refractivity contribution in [2.75, 3.05) is 0 Å². The minimum Gasteiger partial charge on any atom is -0.290 e. The average molecular weight is 281 g/mol. The van der Waals surface area contributed by atoms with Crippen molar-refractivity contribution in [2.24, 2.45) is 0 Å². The van der Waals surface area contributed by atoms with E-state index in [1.165, 1.54) is 12.1 Å². The van der Waals surface area contributed by atoms with Crippen LogP contribution in [0.15, 0.2) is 61.4 Å². The van der Waals surface area contributed by atoms with Crippen molar-refractivity contribution in [3.8, 4) is 0 Å². The number of hydrogen-bond acceptors (Lipinski definition) is 1. The van der Waals surface area contributed by atoms with E-state index in [1.807, 2.05) is 28.8 Å². The van der Waals surface area contributed by atoms with Crippen LogP contribution in [0.2, 0.25) is 0 Å². The Morgan fingerprint density at radius 3 is 2.67 bits per heavy atom. The lowest BCUT2D eigenvalue weighted by Gasteiger charge is -2.00. The quantitative estimate of drug-likeness (QED) is 0.533. The molecule has 3 rings (SSSR count). The second-order valence-corrected chi connectivity index (χ2v) is 4.72. The van der Waals surface area contributed by atoms with E-state index in [-0.39, 0.29) is 17.9 Å². The zero-order valence-corrected chi connectivity index (χ0v) is 11.4. The highest BCUT2D eigenvalue weighted by molar-refractivity contribution is 5.95. The lowest BCUT2D eigenvalue weighted by atomic mass is 10.1. The Balaban J connectivity index is 2.01. The van der Waals surface area contributed by atoms with Gasteiger partial charge in [0.2, 0.25) is 12.1 Å². The van der Waals surface area contributed by atoms with Gasteiger partial charge in [-0.25, -0.2) is 13.5 Å². The van der Waals surface area contributed by atoms with Gasteiger partial charge in [0, 0.05) is 0 Å². The van der Waals surface area contributed by atoms with Crippen molar-refractivity contribution >= 4 is 23.0 Å². The Kier molecular flexibility index (Phi) is 3.36. The summed E-state index contributed by atoms with van der Waals surface area (Å²) in [5, 5.41) is 0. The zero-order chi connectivity index (χ0) is 14.8. The van der Waals surface area contributed by atoms with Crippen LogP contribution in [0.5, 0.6) is 0 Å². The van der Waals surface area contributed by atoms with Gasteiger partial charge < -0.3 is 0 Å². The Bertz CT molecular complexity index is 836. The van der Waals surface area contributed by atoms with Crippen molar-refractivity contribution in [3.05, 3.63) is 72.8 Å². The number of rotatable bonds is 4. The third kappa shape index (κ3) is 2.36. The smallest absolute Gasteiger partial charge is 0.249 e. The number of benzene rings is 2. The molecule has 0 bridgehead atoms. The van der Waals surface area contributed by atoms with Gasteiger partial charge >= 0.3 is 0 Å². The number of fused-ring (bicyclic) bond motifs is 1. The molecule has 3 aromatic rings. The predicted octanol–water partition coefficient (Wildman–Crippen LogP) is 3.05. The van der Waals surface area contributed by atoms with E-state index in [2.05, 4.69) is 6.58 Å². The van der Waals surface area contributed by atoms with Gasteiger partial charge in [0.1, 0.15) is 5.82 Å². The van der Waals surface area contributed by atoms with Crippen LogP contribution >= 0.6 is 0 Å². The Hall–Kier alpha value is -2.75. The minimum absolute atomic E-state index is 0.0856. The van der Waals surface area contributed by atoms with Crippen molar-refractivity contribution < 1.29 is 13.8 Å². The average Bonchev–Trinajstić information content (AvgIpc) is 2.86. The molecule has 2 aromatic carbocycles. The van der Waals surface area contributed by atoms with E-state index in [1.54, 1.807) is 29.2 Å². The minimum atomic E-state index is -0.490. The van der Waals surface area contributed by atoms with Gasteiger partial charge in [0.05, 0.1) is 11.8 Å². The van der Waals surface area contributed by atoms with Crippen LogP contribution in [-0.4, -0.2) is 10.4 Å². The van der Waals surface area contributed by atoms with Crippen LogP contribution in [0.4, 0.5) is 4.39 Å². The lowest BCUT2D eigenvalue weighted by Crippen LogP contribution is -2.37. The molecule has 0 aliphatic heterocycles. The number of para-hydroxylation sites is 2. The maximum atomic E-state index is 13.7. The molecule has 0 aliphatic carbocycles. The van der Waals surface area contributed by atoms with Crippen LogP contribution in [0.1, 0.15) is 10.4 Å². The predicted molar refractivity (Wildman–Crippen MR) is 79.3 cm³/mol. The number of hydrogen-bond donors (Lipinski definition) is 0. The maximum Gasteiger partial charge on any atom is 0.249 e. The van der Waals surface area contributed by atoms with Crippen LogP contribution < -0.4 is 4.57 Å². The molecule has 0 spiro atoms. The molecule has 4 heteroatoms. The summed E-state index contributed by atoms with van der Waals surface area (Å²) in [6.45, 7) is 3.84. The number of aromatic nitrogens is 2. The molecule has 0 saturated heterocycles. The molecule has 0 aliphatic rings. The highest BCUT2D eigenvalue weighted by atomic mass is 19.1. The van der Waals surface area contributed by atoms with Gasteiger partial charge in [-0.3, -0.25) is 4.79 Å². The second-order valence-electron chi connectivity index (χ2n) is 4.72. The standard InChI is InChI=1S/C17H14FN2O/c1-2-19-12-20(16-10-6-5-9-15(16)19)11-17(21)13-7-3-4-8-14(13)18/h2-10,12H,1,11H2/q+1. The first-order chi connectivity index (χ1) is 10.2. The van der Waals surface area contributed by atoms with Crippen molar-refractivity contribution in [1.82, 2.24) is 4.57 Å². The van der Waals surface area contributed by atoms with E-state index < -0.39 is 5.82 Å². The molecular weight excluding hydrogens is 267 g/mol. The summed E-state index contributed by atoms with van der Waals surface area (Å²) in [6.07, 6.45) is 3.46. The van der Waals surface area contributed by atoms with Crippen LogP contribution in [-0.2, 0) is 6.54 Å². The highest BCUT2D eigenvalue weighted by Crippen LogP contribution is 2.12. The molecule has 21 heavy (non-hydrogen) atoms. The van der Waals surface area contributed by atoms with Crippen molar-refractivity contribution in [3.63, 3.8) is 0 Å². The van der Waals surface area contributed by atoms with Gasteiger partial charge in [-0.15, -0.1) is 0 Å². The summed E-state index contributed by atoms with van der Waals surface area (Å²) in [6, 6.07) is 13.7. The summed E-state index contributed by atoms with van der Waals surface area (Å²) in [7, 11) is 0. The normalized spacial score (nSPS) is 10.7. The molecule has 0 saturated carbocycles. The fraction of sp³-hybridized carbons (Fsp3) is 0.0588. The molecule has 104 valence electrons. The lowest BCUT2D eigenvalue weighted by molar-refractivity contribution is -0.657. The third-order valence-corrected chi connectivity index (χ3v) is 3.42. The van der Waals surface area contributed by atoms with E-state index >= 15 is 0 Å². The molecule has 3 nitrogen and oxygen atoms in total. The molecule has 1 aromatic heterocycles. The van der Waals surface area contributed by atoms with Crippen molar-refractivity contribution in [2.45, 2.75) is 6.54 Å². The summed E-state index contributed by atoms with van der Waals surface area (Å²) >= 11 is 0. The summed E-state index contributed by atoms with van der Waals surface area (Å²) in [5.74, 6) is -0.749. The highest BCUT2D eigenvalue weighted by Gasteiger charge is 2.19. The first-order valence-corrected chi connectivity index (χ1v) is 6.60.